The number of aromatic nitrogens is 6. The summed E-state index contributed by atoms with van der Waals surface area (Å²) in [6.45, 7) is 7.18. The third-order valence-corrected chi connectivity index (χ3v) is 4.87. The first-order valence-electron chi connectivity index (χ1n) is 9.39. The van der Waals surface area contributed by atoms with Crippen LogP contribution < -0.4 is 10.2 Å². The number of nitrogens with zero attached hydrogens (tertiary/aromatic N) is 7. The lowest BCUT2D eigenvalue weighted by molar-refractivity contribution is 0.364. The van der Waals surface area contributed by atoms with Gasteiger partial charge in [-0.15, -0.1) is 0 Å². The molecule has 0 spiro atoms. The van der Waals surface area contributed by atoms with Crippen molar-refractivity contribution in [2.45, 2.75) is 45.8 Å². The highest BCUT2D eigenvalue weighted by Gasteiger charge is 2.26. The first-order valence-corrected chi connectivity index (χ1v) is 9.39. The molecule has 1 unspecified atom stereocenters. The van der Waals surface area contributed by atoms with Crippen LogP contribution in [0.4, 0.5) is 21.8 Å². The van der Waals surface area contributed by atoms with Crippen molar-refractivity contribution in [3.8, 4) is 0 Å². The van der Waals surface area contributed by atoms with Crippen molar-refractivity contribution in [1.29, 1.82) is 0 Å². The minimum absolute atomic E-state index is 0.211. The van der Waals surface area contributed by atoms with E-state index in [9.17, 15) is 4.39 Å². The van der Waals surface area contributed by atoms with Crippen molar-refractivity contribution in [3.05, 3.63) is 18.2 Å². The van der Waals surface area contributed by atoms with E-state index >= 15 is 0 Å². The van der Waals surface area contributed by atoms with Crippen molar-refractivity contribution in [3.63, 3.8) is 0 Å². The molecular formula is C18H25FN8. The minimum atomic E-state index is -0.833. The standard InChI is InChI=1S/C18H25FN8/c1-5-13-14(9-25(4)24-13)21-16-15-17(27(10-20-15)11(2)3)23-18(22-16)26-7-6-12(19)8-26/h9-12H,5-8H2,1-4H3,(H,21,22,23). The van der Waals surface area contributed by atoms with Crippen molar-refractivity contribution in [1.82, 2.24) is 29.3 Å². The second-order valence-electron chi connectivity index (χ2n) is 7.26. The van der Waals surface area contributed by atoms with Gasteiger partial charge in [-0.05, 0) is 26.7 Å². The van der Waals surface area contributed by atoms with Crippen LogP contribution in [0.15, 0.2) is 12.5 Å². The van der Waals surface area contributed by atoms with Gasteiger partial charge in [0, 0.05) is 25.8 Å². The van der Waals surface area contributed by atoms with Gasteiger partial charge in [0.05, 0.1) is 24.3 Å². The molecule has 0 aliphatic carbocycles. The Morgan fingerprint density at radius 3 is 2.81 bits per heavy atom. The first kappa shape index (κ1) is 17.7. The Labute approximate surface area is 157 Å². The van der Waals surface area contributed by atoms with E-state index in [0.29, 0.717) is 36.8 Å². The molecule has 3 aromatic rings. The number of aryl methyl sites for hydroxylation is 2. The lowest BCUT2D eigenvalue weighted by Gasteiger charge is -2.17. The van der Waals surface area contributed by atoms with Crippen molar-refractivity contribution in [2.24, 2.45) is 7.05 Å². The Hall–Kier alpha value is -2.71. The van der Waals surface area contributed by atoms with E-state index in [4.69, 9.17) is 9.97 Å². The van der Waals surface area contributed by atoms with Gasteiger partial charge in [-0.3, -0.25) is 4.68 Å². The smallest absolute Gasteiger partial charge is 0.229 e. The maximum atomic E-state index is 13.7. The molecular weight excluding hydrogens is 347 g/mol. The van der Waals surface area contributed by atoms with Crippen LogP contribution >= 0.6 is 0 Å². The summed E-state index contributed by atoms with van der Waals surface area (Å²) in [6, 6.07) is 0.211. The molecule has 144 valence electrons. The van der Waals surface area contributed by atoms with Crippen molar-refractivity contribution < 1.29 is 4.39 Å². The van der Waals surface area contributed by atoms with E-state index in [1.807, 2.05) is 22.7 Å². The first-order chi connectivity index (χ1) is 13.0. The Morgan fingerprint density at radius 2 is 2.15 bits per heavy atom. The van der Waals surface area contributed by atoms with Gasteiger partial charge >= 0.3 is 0 Å². The molecule has 1 atom stereocenters. The maximum Gasteiger partial charge on any atom is 0.229 e. The molecule has 8 nitrogen and oxygen atoms in total. The fraction of sp³-hybridized carbons (Fsp3) is 0.556. The Balaban J connectivity index is 1.82. The maximum absolute atomic E-state index is 13.7. The topological polar surface area (TPSA) is 76.7 Å². The molecule has 27 heavy (non-hydrogen) atoms. The summed E-state index contributed by atoms with van der Waals surface area (Å²) < 4.78 is 17.5. The third kappa shape index (κ3) is 3.22. The summed E-state index contributed by atoms with van der Waals surface area (Å²) in [6.07, 6.45) is 4.20. The van der Waals surface area contributed by atoms with E-state index < -0.39 is 6.17 Å². The lowest BCUT2D eigenvalue weighted by atomic mass is 10.3. The molecule has 0 aromatic carbocycles. The quantitative estimate of drug-likeness (QED) is 0.742. The number of anilines is 3. The third-order valence-electron chi connectivity index (χ3n) is 4.87. The molecule has 1 aliphatic heterocycles. The summed E-state index contributed by atoms with van der Waals surface area (Å²) in [5, 5.41) is 7.86. The van der Waals surface area contributed by atoms with Crippen LogP contribution in [-0.4, -0.2) is 48.6 Å². The monoisotopic (exact) mass is 372 g/mol. The van der Waals surface area contributed by atoms with E-state index in [1.54, 1.807) is 11.0 Å². The molecule has 1 N–H and O–H groups in total. The Kier molecular flexibility index (Phi) is 4.45. The second kappa shape index (κ2) is 6.79. The molecule has 1 fully saturated rings. The van der Waals surface area contributed by atoms with Crippen LogP contribution in [0.5, 0.6) is 0 Å². The van der Waals surface area contributed by atoms with Crippen molar-refractivity contribution in [2.75, 3.05) is 23.3 Å². The van der Waals surface area contributed by atoms with Gasteiger partial charge in [-0.25, -0.2) is 9.37 Å². The van der Waals surface area contributed by atoms with E-state index in [-0.39, 0.29) is 6.04 Å². The molecule has 1 saturated heterocycles. The molecule has 3 aromatic heterocycles. The number of fused-ring (bicyclic) bond motifs is 1. The van der Waals surface area contributed by atoms with Gasteiger partial charge in [0.25, 0.3) is 0 Å². The Morgan fingerprint density at radius 1 is 1.33 bits per heavy atom. The van der Waals surface area contributed by atoms with Crippen LogP contribution in [0.2, 0.25) is 0 Å². The van der Waals surface area contributed by atoms with Crippen LogP contribution in [0.25, 0.3) is 11.2 Å². The van der Waals surface area contributed by atoms with Gasteiger partial charge in [-0.1, -0.05) is 6.92 Å². The SMILES string of the molecule is CCc1nn(C)cc1Nc1nc(N2CCC(F)C2)nc2c1ncn2C(C)C. The fourth-order valence-electron chi connectivity index (χ4n) is 3.44. The molecule has 4 heterocycles. The number of rotatable bonds is 5. The fourth-order valence-corrected chi connectivity index (χ4v) is 3.44. The van der Waals surface area contributed by atoms with E-state index in [0.717, 1.165) is 23.4 Å². The number of hydrogen-bond donors (Lipinski definition) is 1. The zero-order valence-electron chi connectivity index (χ0n) is 16.1. The zero-order chi connectivity index (χ0) is 19.1. The van der Waals surface area contributed by atoms with Crippen LogP contribution in [-0.2, 0) is 13.5 Å². The summed E-state index contributed by atoms with van der Waals surface area (Å²) in [7, 11) is 1.89. The predicted molar refractivity (Wildman–Crippen MR) is 103 cm³/mol. The summed E-state index contributed by atoms with van der Waals surface area (Å²) in [5.74, 6) is 1.16. The normalized spacial score (nSPS) is 17.4. The van der Waals surface area contributed by atoms with Gasteiger partial charge in [0.1, 0.15) is 6.17 Å². The van der Waals surface area contributed by atoms with Crippen LogP contribution in [0, 0.1) is 0 Å². The predicted octanol–water partition coefficient (Wildman–Crippen LogP) is 2.99. The Bertz CT molecular complexity index is 960. The molecule has 0 radical (unpaired) electrons. The molecule has 4 rings (SSSR count). The summed E-state index contributed by atoms with van der Waals surface area (Å²) in [4.78, 5) is 15.8. The highest BCUT2D eigenvalue weighted by atomic mass is 19.1. The summed E-state index contributed by atoms with van der Waals surface area (Å²) in [5.41, 5.74) is 3.31. The molecule has 0 saturated carbocycles. The highest BCUT2D eigenvalue weighted by molar-refractivity contribution is 5.87. The molecule has 0 amide bonds. The summed E-state index contributed by atoms with van der Waals surface area (Å²) >= 11 is 0. The zero-order valence-corrected chi connectivity index (χ0v) is 16.1. The average molecular weight is 372 g/mol. The van der Waals surface area contributed by atoms with E-state index in [1.165, 1.54) is 0 Å². The minimum Gasteiger partial charge on any atom is -0.338 e. The van der Waals surface area contributed by atoms with Crippen LogP contribution in [0.1, 0.15) is 38.9 Å². The largest absolute Gasteiger partial charge is 0.338 e. The lowest BCUT2D eigenvalue weighted by Crippen LogP contribution is -2.23. The van der Waals surface area contributed by atoms with Gasteiger partial charge in [0.2, 0.25) is 5.95 Å². The number of nitrogens with one attached hydrogen (secondary N) is 1. The number of imidazole rings is 1. The van der Waals surface area contributed by atoms with Gasteiger partial charge < -0.3 is 14.8 Å². The number of hydrogen-bond acceptors (Lipinski definition) is 6. The second-order valence-corrected chi connectivity index (χ2v) is 7.26. The molecule has 1 aliphatic rings. The van der Waals surface area contributed by atoms with Gasteiger partial charge in [-0.2, -0.15) is 15.1 Å². The molecule has 0 bridgehead atoms. The number of alkyl halides is 1. The highest BCUT2D eigenvalue weighted by Crippen LogP contribution is 2.29. The number of halogens is 1. The average Bonchev–Trinajstić information content (AvgIpc) is 3.32. The van der Waals surface area contributed by atoms with Crippen LogP contribution in [0.3, 0.4) is 0 Å². The van der Waals surface area contributed by atoms with E-state index in [2.05, 4.69) is 36.2 Å². The van der Waals surface area contributed by atoms with Gasteiger partial charge in [0.15, 0.2) is 17.0 Å². The molecule has 9 heteroatoms. The van der Waals surface area contributed by atoms with Crippen molar-refractivity contribution >= 4 is 28.6 Å².